The summed E-state index contributed by atoms with van der Waals surface area (Å²) in [4.78, 5) is 11.5. The normalized spacial score (nSPS) is 19.3. The highest BCUT2D eigenvalue weighted by Gasteiger charge is 2.23. The van der Waals surface area contributed by atoms with Crippen molar-refractivity contribution in [3.63, 3.8) is 0 Å². The molecule has 1 N–H and O–H groups in total. The predicted molar refractivity (Wildman–Crippen MR) is 71.3 cm³/mol. The van der Waals surface area contributed by atoms with Crippen LogP contribution in [0.1, 0.15) is 37.4 Å². The number of hydrogen-bond acceptors (Lipinski definition) is 3. The molecule has 0 saturated heterocycles. The number of rotatable bonds is 5. The standard InChI is InChI=1S/C15H21NO2/c1-3-18-15(17)11(2)10-16-14-9-8-12-6-4-5-7-13(12)14/h4-7,11,14,16H,3,8-10H2,1-2H3. The first-order valence-electron chi connectivity index (χ1n) is 6.70. The Morgan fingerprint density at radius 1 is 1.50 bits per heavy atom. The SMILES string of the molecule is CCOC(=O)C(C)CNC1CCc2ccccc21. The minimum atomic E-state index is -0.115. The van der Waals surface area contributed by atoms with Crippen molar-refractivity contribution >= 4 is 5.97 Å². The average molecular weight is 247 g/mol. The fourth-order valence-electron chi connectivity index (χ4n) is 2.46. The van der Waals surface area contributed by atoms with Crippen molar-refractivity contribution < 1.29 is 9.53 Å². The van der Waals surface area contributed by atoms with E-state index in [9.17, 15) is 4.79 Å². The zero-order chi connectivity index (χ0) is 13.0. The highest BCUT2D eigenvalue weighted by atomic mass is 16.5. The lowest BCUT2D eigenvalue weighted by Crippen LogP contribution is -2.30. The number of benzene rings is 1. The molecule has 18 heavy (non-hydrogen) atoms. The van der Waals surface area contributed by atoms with Gasteiger partial charge in [-0.3, -0.25) is 4.79 Å². The molecule has 0 spiro atoms. The van der Waals surface area contributed by atoms with E-state index in [-0.39, 0.29) is 11.9 Å². The van der Waals surface area contributed by atoms with Gasteiger partial charge in [-0.1, -0.05) is 31.2 Å². The second-order valence-corrected chi connectivity index (χ2v) is 4.85. The Morgan fingerprint density at radius 2 is 2.28 bits per heavy atom. The first kappa shape index (κ1) is 13.1. The van der Waals surface area contributed by atoms with Gasteiger partial charge in [0.15, 0.2) is 0 Å². The van der Waals surface area contributed by atoms with Crippen molar-refractivity contribution in [3.05, 3.63) is 35.4 Å². The molecule has 1 aromatic carbocycles. The number of carbonyl (C=O) groups excluding carboxylic acids is 1. The summed E-state index contributed by atoms with van der Waals surface area (Å²) < 4.78 is 5.01. The van der Waals surface area contributed by atoms with E-state index in [1.807, 2.05) is 13.8 Å². The first-order chi connectivity index (χ1) is 8.72. The highest BCUT2D eigenvalue weighted by molar-refractivity contribution is 5.72. The molecule has 0 heterocycles. The molecule has 0 saturated carbocycles. The van der Waals surface area contributed by atoms with Crippen molar-refractivity contribution in [2.24, 2.45) is 5.92 Å². The number of fused-ring (bicyclic) bond motifs is 1. The molecule has 2 unspecified atom stereocenters. The number of aryl methyl sites for hydroxylation is 1. The molecule has 0 bridgehead atoms. The summed E-state index contributed by atoms with van der Waals surface area (Å²) in [6.45, 7) is 4.88. The lowest BCUT2D eigenvalue weighted by atomic mass is 10.1. The second kappa shape index (κ2) is 6.01. The Bertz CT molecular complexity index is 417. The largest absolute Gasteiger partial charge is 0.466 e. The molecular formula is C15H21NO2. The quantitative estimate of drug-likeness (QED) is 0.812. The van der Waals surface area contributed by atoms with Crippen LogP contribution in [0.3, 0.4) is 0 Å². The number of nitrogens with one attached hydrogen (secondary N) is 1. The number of carbonyl (C=O) groups is 1. The van der Waals surface area contributed by atoms with Gasteiger partial charge in [-0.05, 0) is 30.9 Å². The smallest absolute Gasteiger partial charge is 0.309 e. The summed E-state index contributed by atoms with van der Waals surface area (Å²) >= 11 is 0. The summed E-state index contributed by atoms with van der Waals surface area (Å²) in [5.74, 6) is -0.200. The highest BCUT2D eigenvalue weighted by Crippen LogP contribution is 2.30. The fourth-order valence-corrected chi connectivity index (χ4v) is 2.46. The van der Waals surface area contributed by atoms with E-state index in [1.54, 1.807) is 0 Å². The number of hydrogen-bond donors (Lipinski definition) is 1. The molecule has 3 nitrogen and oxygen atoms in total. The Morgan fingerprint density at radius 3 is 3.06 bits per heavy atom. The van der Waals surface area contributed by atoms with Gasteiger partial charge in [0.05, 0.1) is 12.5 Å². The maximum Gasteiger partial charge on any atom is 0.309 e. The van der Waals surface area contributed by atoms with Gasteiger partial charge < -0.3 is 10.1 Å². The molecule has 3 heteroatoms. The molecule has 98 valence electrons. The molecule has 2 atom stereocenters. The molecule has 0 aromatic heterocycles. The molecule has 0 amide bonds. The Hall–Kier alpha value is -1.35. The second-order valence-electron chi connectivity index (χ2n) is 4.85. The maximum absolute atomic E-state index is 11.5. The third-order valence-corrected chi connectivity index (χ3v) is 3.49. The van der Waals surface area contributed by atoms with Crippen LogP contribution in [0.25, 0.3) is 0 Å². The molecule has 0 aliphatic heterocycles. The fraction of sp³-hybridized carbons (Fsp3) is 0.533. The van der Waals surface area contributed by atoms with Gasteiger partial charge in [-0.2, -0.15) is 0 Å². The van der Waals surface area contributed by atoms with Crippen LogP contribution in [-0.4, -0.2) is 19.1 Å². The lowest BCUT2D eigenvalue weighted by Gasteiger charge is -2.17. The van der Waals surface area contributed by atoms with Crippen LogP contribution >= 0.6 is 0 Å². The summed E-state index contributed by atoms with van der Waals surface area (Å²) in [6, 6.07) is 8.91. The summed E-state index contributed by atoms with van der Waals surface area (Å²) in [5.41, 5.74) is 2.81. The van der Waals surface area contributed by atoms with Crippen LogP contribution in [0.4, 0.5) is 0 Å². The summed E-state index contributed by atoms with van der Waals surface area (Å²) in [6.07, 6.45) is 2.25. The van der Waals surface area contributed by atoms with Crippen LogP contribution in [0.5, 0.6) is 0 Å². The number of esters is 1. The van der Waals surface area contributed by atoms with E-state index in [0.717, 1.165) is 12.8 Å². The molecule has 1 aromatic rings. The van der Waals surface area contributed by atoms with Crippen molar-refractivity contribution in [1.82, 2.24) is 5.32 Å². The van der Waals surface area contributed by atoms with E-state index in [0.29, 0.717) is 19.2 Å². The Balaban J connectivity index is 1.87. The van der Waals surface area contributed by atoms with Crippen LogP contribution in [0, 0.1) is 5.92 Å². The maximum atomic E-state index is 11.5. The third kappa shape index (κ3) is 2.91. The van der Waals surface area contributed by atoms with Gasteiger partial charge in [0.25, 0.3) is 0 Å². The molecule has 2 rings (SSSR count). The molecule has 1 aliphatic rings. The van der Waals surface area contributed by atoms with E-state index in [1.165, 1.54) is 11.1 Å². The minimum absolute atomic E-state index is 0.0855. The molecule has 0 fully saturated rings. The Labute approximate surface area is 109 Å². The molecular weight excluding hydrogens is 226 g/mol. The van der Waals surface area contributed by atoms with Gasteiger partial charge in [0, 0.05) is 12.6 Å². The minimum Gasteiger partial charge on any atom is -0.466 e. The molecule has 0 radical (unpaired) electrons. The van der Waals surface area contributed by atoms with Gasteiger partial charge in [0.1, 0.15) is 0 Å². The van der Waals surface area contributed by atoms with E-state index < -0.39 is 0 Å². The van der Waals surface area contributed by atoms with Crippen molar-refractivity contribution in [3.8, 4) is 0 Å². The first-order valence-corrected chi connectivity index (χ1v) is 6.70. The zero-order valence-electron chi connectivity index (χ0n) is 11.1. The van der Waals surface area contributed by atoms with Crippen molar-refractivity contribution in [1.29, 1.82) is 0 Å². The van der Waals surface area contributed by atoms with Crippen LogP contribution < -0.4 is 5.32 Å². The molecule has 1 aliphatic carbocycles. The van der Waals surface area contributed by atoms with Crippen LogP contribution in [0.2, 0.25) is 0 Å². The zero-order valence-corrected chi connectivity index (χ0v) is 11.1. The van der Waals surface area contributed by atoms with E-state index >= 15 is 0 Å². The topological polar surface area (TPSA) is 38.3 Å². The monoisotopic (exact) mass is 247 g/mol. The Kier molecular flexibility index (Phi) is 4.37. The number of ether oxygens (including phenoxy) is 1. The van der Waals surface area contributed by atoms with E-state index in [2.05, 4.69) is 29.6 Å². The van der Waals surface area contributed by atoms with E-state index in [4.69, 9.17) is 4.74 Å². The summed E-state index contributed by atoms with van der Waals surface area (Å²) in [7, 11) is 0. The van der Waals surface area contributed by atoms with Gasteiger partial charge >= 0.3 is 5.97 Å². The van der Waals surface area contributed by atoms with Crippen LogP contribution in [-0.2, 0) is 16.0 Å². The summed E-state index contributed by atoms with van der Waals surface area (Å²) in [5, 5.41) is 3.48. The lowest BCUT2D eigenvalue weighted by molar-refractivity contribution is -0.147. The average Bonchev–Trinajstić information content (AvgIpc) is 2.79. The predicted octanol–water partition coefficient (Wildman–Crippen LogP) is 2.46. The van der Waals surface area contributed by atoms with Crippen molar-refractivity contribution in [2.75, 3.05) is 13.2 Å². The van der Waals surface area contributed by atoms with Gasteiger partial charge in [-0.15, -0.1) is 0 Å². The van der Waals surface area contributed by atoms with Crippen LogP contribution in [0.15, 0.2) is 24.3 Å². The van der Waals surface area contributed by atoms with Crippen molar-refractivity contribution in [2.45, 2.75) is 32.7 Å². The van der Waals surface area contributed by atoms with Gasteiger partial charge in [-0.25, -0.2) is 0 Å². The van der Waals surface area contributed by atoms with Gasteiger partial charge in [0.2, 0.25) is 0 Å². The third-order valence-electron chi connectivity index (χ3n) is 3.49.